The van der Waals surface area contributed by atoms with E-state index in [0.29, 0.717) is 28.2 Å². The third-order valence-corrected chi connectivity index (χ3v) is 6.24. The summed E-state index contributed by atoms with van der Waals surface area (Å²) in [6.45, 7) is 0. The fraction of sp³-hybridized carbons (Fsp3) is 0.143. The summed E-state index contributed by atoms with van der Waals surface area (Å²) in [5.74, 6) is -2.02. The van der Waals surface area contributed by atoms with Crippen LogP contribution < -0.4 is 29.9 Å². The first kappa shape index (κ1) is 27.3. The van der Waals surface area contributed by atoms with Gasteiger partial charge in [0.05, 0.1) is 25.4 Å². The van der Waals surface area contributed by atoms with Gasteiger partial charge in [-0.3, -0.25) is 19.6 Å². The van der Waals surface area contributed by atoms with Crippen LogP contribution >= 0.6 is 0 Å². The van der Waals surface area contributed by atoms with Crippen molar-refractivity contribution in [3.05, 3.63) is 78.5 Å². The molecule has 1 saturated heterocycles. The highest BCUT2D eigenvalue weighted by Gasteiger charge is 2.42. The number of urea groups is 1. The van der Waals surface area contributed by atoms with Gasteiger partial charge in [0.25, 0.3) is 11.8 Å². The first-order chi connectivity index (χ1) is 19.7. The molecule has 4 amide bonds. The number of pyridine rings is 1. The maximum Gasteiger partial charge on any atom is 0.345 e. The molecule has 0 saturated carbocycles. The number of carbonyl (C=O) groups is 3. The van der Waals surface area contributed by atoms with Crippen LogP contribution in [0.5, 0.6) is 23.0 Å². The number of nitrogens with one attached hydrogen (secondary N) is 2. The topological polar surface area (TPSA) is 122 Å². The molecule has 1 unspecified atom stereocenters. The molecular formula is C28H23F2N5O6. The maximum atomic E-state index is 15.1. The molecule has 1 aliphatic heterocycles. The third-order valence-electron chi connectivity index (χ3n) is 6.24. The zero-order valence-electron chi connectivity index (χ0n) is 22.0. The molecule has 2 heterocycles. The zero-order valence-corrected chi connectivity index (χ0v) is 22.0. The normalized spacial score (nSPS) is 15.2. The van der Waals surface area contributed by atoms with Crippen molar-refractivity contribution in [3.8, 4) is 23.0 Å². The Labute approximate surface area is 232 Å². The fourth-order valence-corrected chi connectivity index (χ4v) is 4.21. The lowest BCUT2D eigenvalue weighted by Gasteiger charge is -2.36. The lowest BCUT2D eigenvalue weighted by Crippen LogP contribution is -2.67. The smallest absolute Gasteiger partial charge is 0.345 e. The Hall–Kier alpha value is -5.30. The number of ether oxygens (including phenoxy) is 3. The molecule has 0 radical (unpaired) electrons. The Kier molecular flexibility index (Phi) is 7.36. The number of hydrogen-bond acceptors (Lipinski definition) is 8. The van der Waals surface area contributed by atoms with Gasteiger partial charge in [-0.25, -0.2) is 23.9 Å². The number of benzene rings is 3. The minimum absolute atomic E-state index is 0.0355. The molecule has 1 atom stereocenters. The number of hydrazine groups is 1. The molecule has 41 heavy (non-hydrogen) atoms. The van der Waals surface area contributed by atoms with Crippen LogP contribution in [-0.4, -0.2) is 55.1 Å². The second kappa shape index (κ2) is 11.1. The Morgan fingerprint density at radius 2 is 1.63 bits per heavy atom. The van der Waals surface area contributed by atoms with E-state index in [-0.39, 0.29) is 17.1 Å². The van der Waals surface area contributed by atoms with E-state index in [0.717, 1.165) is 28.1 Å². The number of hydrogen-bond donors (Lipinski definition) is 2. The number of nitrogens with zero attached hydrogens (tertiary/aromatic N) is 3. The van der Waals surface area contributed by atoms with Crippen molar-refractivity contribution in [1.82, 2.24) is 15.4 Å². The van der Waals surface area contributed by atoms with E-state index in [1.165, 1.54) is 51.7 Å². The molecule has 1 aromatic heterocycles. The molecule has 4 aromatic rings. The lowest BCUT2D eigenvalue weighted by molar-refractivity contribution is -0.130. The van der Waals surface area contributed by atoms with Gasteiger partial charge >= 0.3 is 6.03 Å². The van der Waals surface area contributed by atoms with Gasteiger partial charge in [-0.15, -0.1) is 0 Å². The maximum absolute atomic E-state index is 15.1. The Morgan fingerprint density at radius 1 is 0.927 bits per heavy atom. The van der Waals surface area contributed by atoms with Crippen LogP contribution in [0.2, 0.25) is 0 Å². The summed E-state index contributed by atoms with van der Waals surface area (Å²) in [5.41, 5.74) is 3.16. The number of imide groups is 1. The highest BCUT2D eigenvalue weighted by atomic mass is 19.1. The Balaban J connectivity index is 1.35. The van der Waals surface area contributed by atoms with Crippen molar-refractivity contribution in [3.63, 3.8) is 0 Å². The number of anilines is 2. The highest BCUT2D eigenvalue weighted by Crippen LogP contribution is 2.37. The quantitative estimate of drug-likeness (QED) is 0.321. The summed E-state index contributed by atoms with van der Waals surface area (Å²) in [6, 6.07) is 11.0. The molecule has 1 aliphatic rings. The van der Waals surface area contributed by atoms with Crippen LogP contribution in [0.4, 0.5) is 25.0 Å². The number of halogens is 2. The van der Waals surface area contributed by atoms with Gasteiger partial charge in [0, 0.05) is 36.5 Å². The van der Waals surface area contributed by atoms with Crippen LogP contribution in [-0.2, 0) is 9.59 Å². The van der Waals surface area contributed by atoms with Gasteiger partial charge in [0.15, 0.2) is 29.1 Å². The van der Waals surface area contributed by atoms with Gasteiger partial charge in [0.2, 0.25) is 0 Å². The largest absolute Gasteiger partial charge is 0.493 e. The summed E-state index contributed by atoms with van der Waals surface area (Å²) in [7, 11) is 4.31. The van der Waals surface area contributed by atoms with E-state index in [1.807, 2.05) is 0 Å². The molecule has 13 heteroatoms. The number of rotatable bonds is 7. The fourth-order valence-electron chi connectivity index (χ4n) is 4.21. The molecular weight excluding hydrogens is 540 g/mol. The predicted octanol–water partition coefficient (Wildman–Crippen LogP) is 4.23. The van der Waals surface area contributed by atoms with Crippen molar-refractivity contribution in [2.45, 2.75) is 6.04 Å². The van der Waals surface area contributed by atoms with Gasteiger partial charge < -0.3 is 19.5 Å². The lowest BCUT2D eigenvalue weighted by atomic mass is 10.1. The van der Waals surface area contributed by atoms with Crippen molar-refractivity contribution >= 4 is 40.1 Å². The third kappa shape index (κ3) is 5.30. The van der Waals surface area contributed by atoms with E-state index in [2.05, 4.69) is 15.7 Å². The summed E-state index contributed by atoms with van der Waals surface area (Å²) < 4.78 is 44.9. The average molecular weight is 564 g/mol. The number of methoxy groups -OCH3 is 2. The van der Waals surface area contributed by atoms with Crippen molar-refractivity contribution in [1.29, 1.82) is 0 Å². The number of carbonyl (C=O) groups excluding carboxylic acids is 3. The monoisotopic (exact) mass is 563 g/mol. The molecule has 1 fully saturated rings. The summed E-state index contributed by atoms with van der Waals surface area (Å²) in [5, 5.41) is 3.97. The van der Waals surface area contributed by atoms with Crippen LogP contribution in [0.15, 0.2) is 66.9 Å². The van der Waals surface area contributed by atoms with Crippen LogP contribution in [0.3, 0.4) is 0 Å². The molecule has 11 nitrogen and oxygen atoms in total. The molecule has 0 spiro atoms. The predicted molar refractivity (Wildman–Crippen MR) is 144 cm³/mol. The minimum atomic E-state index is -1.53. The van der Waals surface area contributed by atoms with Crippen LogP contribution in [0.1, 0.15) is 0 Å². The molecule has 5 rings (SSSR count). The molecule has 0 aliphatic carbocycles. The SMILES string of the molecule is COc1cc2nccc(Oc3ccc(NC(=O)C4NN(C)C(=O)N(c5ccc(F)cc5)C4=O)cc3F)c2cc1OC. The van der Waals surface area contributed by atoms with Gasteiger partial charge in [-0.2, -0.15) is 0 Å². The minimum Gasteiger partial charge on any atom is -0.493 e. The van der Waals surface area contributed by atoms with Gasteiger partial charge in [-0.05, 0) is 48.5 Å². The summed E-state index contributed by atoms with van der Waals surface area (Å²) in [4.78, 5) is 43.7. The summed E-state index contributed by atoms with van der Waals surface area (Å²) >= 11 is 0. The number of aromatic nitrogens is 1. The number of fused-ring (bicyclic) bond motifs is 1. The average Bonchev–Trinajstić information content (AvgIpc) is 2.96. The van der Waals surface area contributed by atoms with Crippen LogP contribution in [0, 0.1) is 11.6 Å². The summed E-state index contributed by atoms with van der Waals surface area (Å²) in [6.07, 6.45) is 1.50. The van der Waals surface area contributed by atoms with Gasteiger partial charge in [-0.1, -0.05) is 0 Å². The standard InChI is InChI=1S/C28H23F2N5O6/c1-34-28(38)35(17-7-4-15(29)5-8-17)27(37)25(33-34)26(36)32-16-6-9-22(19(30)12-16)41-21-10-11-31-20-14-24(40-3)23(39-2)13-18(20)21/h4-14,25,33H,1-3H3,(H,32,36). The van der Waals surface area contributed by atoms with Crippen molar-refractivity contribution < 1.29 is 37.4 Å². The second-order valence-corrected chi connectivity index (χ2v) is 8.82. The van der Waals surface area contributed by atoms with Crippen LogP contribution in [0.25, 0.3) is 10.9 Å². The molecule has 2 N–H and O–H groups in total. The molecule has 210 valence electrons. The zero-order chi connectivity index (χ0) is 29.3. The Bertz CT molecular complexity index is 1670. The van der Waals surface area contributed by atoms with E-state index < -0.39 is 35.5 Å². The molecule has 0 bridgehead atoms. The van der Waals surface area contributed by atoms with Gasteiger partial charge in [0.1, 0.15) is 11.6 Å². The number of amides is 4. The highest BCUT2D eigenvalue weighted by molar-refractivity contribution is 6.25. The van der Waals surface area contributed by atoms with E-state index in [4.69, 9.17) is 14.2 Å². The van der Waals surface area contributed by atoms with Crippen molar-refractivity contribution in [2.75, 3.05) is 31.5 Å². The van der Waals surface area contributed by atoms with Crippen molar-refractivity contribution in [2.24, 2.45) is 0 Å². The van der Waals surface area contributed by atoms with E-state index >= 15 is 4.39 Å². The first-order valence-electron chi connectivity index (χ1n) is 12.1. The molecule has 3 aromatic carbocycles. The second-order valence-electron chi connectivity index (χ2n) is 8.82. The van der Waals surface area contributed by atoms with E-state index in [9.17, 15) is 18.8 Å². The first-order valence-corrected chi connectivity index (χ1v) is 12.1. The Morgan fingerprint density at radius 3 is 2.32 bits per heavy atom. The van der Waals surface area contributed by atoms with E-state index in [1.54, 1.807) is 18.2 Å².